The van der Waals surface area contributed by atoms with E-state index in [0.717, 1.165) is 11.5 Å². The van der Waals surface area contributed by atoms with Crippen LogP contribution in [0.5, 0.6) is 11.5 Å². The molecule has 0 spiro atoms. The molecule has 0 bridgehead atoms. The Morgan fingerprint density at radius 2 is 1.71 bits per heavy atom. The molecule has 1 aliphatic rings. The normalized spacial score (nSPS) is 12.0. The van der Waals surface area contributed by atoms with Crippen molar-refractivity contribution in [2.45, 2.75) is 20.8 Å². The van der Waals surface area contributed by atoms with Crippen molar-refractivity contribution in [2.75, 3.05) is 17.4 Å². The number of hydrogen-bond donors (Lipinski definition) is 2. The minimum absolute atomic E-state index is 0.179. The number of aryl methyl sites for hydroxylation is 3. The topological polar surface area (TPSA) is 72.5 Å². The molecule has 0 saturated heterocycles. The predicted molar refractivity (Wildman–Crippen MR) is 109 cm³/mol. The number of benzene rings is 2. The van der Waals surface area contributed by atoms with E-state index in [1.54, 1.807) is 24.4 Å². The van der Waals surface area contributed by atoms with Gasteiger partial charge in [-0.25, -0.2) is 4.98 Å². The lowest BCUT2D eigenvalue weighted by Gasteiger charge is -2.13. The number of rotatable bonds is 4. The van der Waals surface area contributed by atoms with Crippen molar-refractivity contribution < 1.29 is 14.3 Å². The van der Waals surface area contributed by atoms with Crippen molar-refractivity contribution in [3.05, 3.63) is 70.9 Å². The molecule has 6 heteroatoms. The van der Waals surface area contributed by atoms with E-state index in [9.17, 15) is 4.79 Å². The summed E-state index contributed by atoms with van der Waals surface area (Å²) in [5.41, 5.74) is 5.73. The smallest absolute Gasteiger partial charge is 0.255 e. The first-order valence-corrected chi connectivity index (χ1v) is 9.01. The number of ether oxygens (including phenoxy) is 2. The van der Waals surface area contributed by atoms with Crippen molar-refractivity contribution in [1.82, 2.24) is 4.98 Å². The summed E-state index contributed by atoms with van der Waals surface area (Å²) in [6.45, 7) is 6.41. The number of carbonyl (C=O) groups excluding carboxylic acids is 1. The Bertz CT molecular complexity index is 1020. The number of carbonyl (C=O) groups is 1. The molecule has 0 fully saturated rings. The highest BCUT2D eigenvalue weighted by atomic mass is 16.7. The maximum absolute atomic E-state index is 12.5. The monoisotopic (exact) mass is 375 g/mol. The molecule has 28 heavy (non-hydrogen) atoms. The third kappa shape index (κ3) is 3.62. The van der Waals surface area contributed by atoms with Gasteiger partial charge in [-0.15, -0.1) is 0 Å². The van der Waals surface area contributed by atoms with Crippen LogP contribution < -0.4 is 20.1 Å². The van der Waals surface area contributed by atoms with Gasteiger partial charge in [-0.3, -0.25) is 4.79 Å². The third-order valence-electron chi connectivity index (χ3n) is 4.59. The third-order valence-corrected chi connectivity index (χ3v) is 4.59. The molecule has 1 aromatic heterocycles. The van der Waals surface area contributed by atoms with E-state index in [-0.39, 0.29) is 12.7 Å². The minimum Gasteiger partial charge on any atom is -0.454 e. The van der Waals surface area contributed by atoms with E-state index in [1.807, 2.05) is 12.1 Å². The zero-order valence-electron chi connectivity index (χ0n) is 16.0. The molecule has 0 aliphatic carbocycles. The van der Waals surface area contributed by atoms with Crippen LogP contribution in [0.15, 0.2) is 48.7 Å². The molecule has 2 N–H and O–H groups in total. The van der Waals surface area contributed by atoms with Gasteiger partial charge >= 0.3 is 0 Å². The summed E-state index contributed by atoms with van der Waals surface area (Å²) >= 11 is 0. The van der Waals surface area contributed by atoms with Gasteiger partial charge in [-0.05, 0) is 62.2 Å². The standard InChI is InChI=1S/C22H21N3O3/c1-13-8-14(2)21(15(3)9-13)25-20-7-5-17(11-23-20)24-22(26)16-4-6-18-19(10-16)28-12-27-18/h4-11H,12H2,1-3H3,(H,23,25)(H,24,26). The number of fused-ring (bicyclic) bond motifs is 1. The summed E-state index contributed by atoms with van der Waals surface area (Å²) in [6, 6.07) is 13.0. The van der Waals surface area contributed by atoms with Gasteiger partial charge in [-0.2, -0.15) is 0 Å². The lowest BCUT2D eigenvalue weighted by atomic mass is 10.1. The molecule has 2 heterocycles. The second-order valence-electron chi connectivity index (χ2n) is 6.85. The summed E-state index contributed by atoms with van der Waals surface area (Å²) in [4.78, 5) is 16.9. The van der Waals surface area contributed by atoms with Crippen LogP contribution in [0.1, 0.15) is 27.0 Å². The lowest BCUT2D eigenvalue weighted by Crippen LogP contribution is -2.12. The summed E-state index contributed by atoms with van der Waals surface area (Å²) in [7, 11) is 0. The molecular formula is C22H21N3O3. The molecule has 6 nitrogen and oxygen atoms in total. The van der Waals surface area contributed by atoms with E-state index in [4.69, 9.17) is 9.47 Å². The van der Waals surface area contributed by atoms with Crippen LogP contribution in [0.25, 0.3) is 0 Å². The zero-order valence-corrected chi connectivity index (χ0v) is 16.0. The Hall–Kier alpha value is -3.54. The Labute approximate surface area is 163 Å². The molecule has 1 amide bonds. The first-order chi connectivity index (χ1) is 13.5. The van der Waals surface area contributed by atoms with Crippen LogP contribution in [0.4, 0.5) is 17.2 Å². The largest absolute Gasteiger partial charge is 0.454 e. The van der Waals surface area contributed by atoms with Gasteiger partial charge in [0.05, 0.1) is 11.9 Å². The maximum Gasteiger partial charge on any atom is 0.255 e. The predicted octanol–water partition coefficient (Wildman–Crippen LogP) is 4.73. The molecule has 1 aliphatic heterocycles. The number of aromatic nitrogens is 1. The summed E-state index contributed by atoms with van der Waals surface area (Å²) < 4.78 is 10.6. The van der Waals surface area contributed by atoms with Crippen LogP contribution in [-0.4, -0.2) is 17.7 Å². The van der Waals surface area contributed by atoms with E-state index in [2.05, 4.69) is 48.5 Å². The average molecular weight is 375 g/mol. The summed E-state index contributed by atoms with van der Waals surface area (Å²) in [5.74, 6) is 1.71. The first-order valence-electron chi connectivity index (χ1n) is 9.01. The van der Waals surface area contributed by atoms with Crippen LogP contribution >= 0.6 is 0 Å². The first kappa shape index (κ1) is 17.9. The fourth-order valence-corrected chi connectivity index (χ4v) is 3.29. The molecule has 3 aromatic rings. The van der Waals surface area contributed by atoms with Crippen molar-refractivity contribution in [2.24, 2.45) is 0 Å². The molecule has 2 aromatic carbocycles. The van der Waals surface area contributed by atoms with Gasteiger partial charge in [0, 0.05) is 11.3 Å². The van der Waals surface area contributed by atoms with E-state index in [1.165, 1.54) is 16.7 Å². The average Bonchev–Trinajstić information content (AvgIpc) is 3.13. The summed E-state index contributed by atoms with van der Waals surface area (Å²) in [6.07, 6.45) is 1.63. The highest BCUT2D eigenvalue weighted by Crippen LogP contribution is 2.32. The quantitative estimate of drug-likeness (QED) is 0.690. The maximum atomic E-state index is 12.5. The van der Waals surface area contributed by atoms with Crippen molar-refractivity contribution in [3.63, 3.8) is 0 Å². The fourth-order valence-electron chi connectivity index (χ4n) is 3.29. The highest BCUT2D eigenvalue weighted by molar-refractivity contribution is 6.04. The van der Waals surface area contributed by atoms with Crippen LogP contribution in [0.3, 0.4) is 0 Å². The number of amides is 1. The van der Waals surface area contributed by atoms with E-state index >= 15 is 0 Å². The fraction of sp³-hybridized carbons (Fsp3) is 0.182. The second kappa shape index (κ2) is 7.23. The SMILES string of the molecule is Cc1cc(C)c(Nc2ccc(NC(=O)c3ccc4c(c3)OCO4)cn2)c(C)c1. The molecule has 0 saturated carbocycles. The molecule has 0 atom stereocenters. The molecule has 142 valence electrons. The van der Waals surface area contributed by atoms with Gasteiger partial charge in [0.2, 0.25) is 6.79 Å². The van der Waals surface area contributed by atoms with Gasteiger partial charge in [0.15, 0.2) is 11.5 Å². The molecular weight excluding hydrogens is 354 g/mol. The number of nitrogens with zero attached hydrogens (tertiary/aromatic N) is 1. The van der Waals surface area contributed by atoms with Crippen LogP contribution in [0.2, 0.25) is 0 Å². The van der Waals surface area contributed by atoms with Crippen LogP contribution in [-0.2, 0) is 0 Å². The zero-order chi connectivity index (χ0) is 19.7. The Morgan fingerprint density at radius 3 is 2.43 bits per heavy atom. The molecule has 4 rings (SSSR count). The molecule has 0 unspecified atom stereocenters. The van der Waals surface area contributed by atoms with Gasteiger partial charge in [0.1, 0.15) is 5.82 Å². The minimum atomic E-state index is -0.231. The Balaban J connectivity index is 1.46. The highest BCUT2D eigenvalue weighted by Gasteiger charge is 2.16. The lowest BCUT2D eigenvalue weighted by molar-refractivity contribution is 0.102. The molecule has 0 radical (unpaired) electrons. The number of anilines is 3. The van der Waals surface area contributed by atoms with Crippen molar-refractivity contribution in [3.8, 4) is 11.5 Å². The van der Waals surface area contributed by atoms with Crippen molar-refractivity contribution >= 4 is 23.1 Å². The number of nitrogens with one attached hydrogen (secondary N) is 2. The van der Waals surface area contributed by atoms with E-state index < -0.39 is 0 Å². The van der Waals surface area contributed by atoms with Gasteiger partial charge in [-0.1, -0.05) is 17.7 Å². The number of hydrogen-bond acceptors (Lipinski definition) is 5. The Kier molecular flexibility index (Phi) is 4.61. The van der Waals surface area contributed by atoms with Gasteiger partial charge in [0.25, 0.3) is 5.91 Å². The van der Waals surface area contributed by atoms with E-state index in [0.29, 0.717) is 22.7 Å². The van der Waals surface area contributed by atoms with Crippen LogP contribution in [0, 0.1) is 20.8 Å². The Morgan fingerprint density at radius 1 is 0.964 bits per heavy atom. The second-order valence-corrected chi connectivity index (χ2v) is 6.85. The summed E-state index contributed by atoms with van der Waals surface area (Å²) in [5, 5.41) is 6.20. The van der Waals surface area contributed by atoms with Gasteiger partial charge < -0.3 is 20.1 Å². The number of pyridine rings is 1. The van der Waals surface area contributed by atoms with Crippen molar-refractivity contribution in [1.29, 1.82) is 0 Å².